The summed E-state index contributed by atoms with van der Waals surface area (Å²) in [5.74, 6) is 0.681. The quantitative estimate of drug-likeness (QED) is 0.567. The van der Waals surface area contributed by atoms with E-state index in [0.717, 1.165) is 12.8 Å². The van der Waals surface area contributed by atoms with Crippen molar-refractivity contribution < 1.29 is 4.39 Å². The Balaban J connectivity index is 2.31. The summed E-state index contributed by atoms with van der Waals surface area (Å²) in [4.78, 5) is 4.10. The maximum atomic E-state index is 13.5. The summed E-state index contributed by atoms with van der Waals surface area (Å²) in [7, 11) is 0. The van der Waals surface area contributed by atoms with Crippen molar-refractivity contribution in [3.8, 4) is 0 Å². The Morgan fingerprint density at radius 2 is 2.21 bits per heavy atom. The van der Waals surface area contributed by atoms with Gasteiger partial charge in [0.05, 0.1) is 0 Å². The standard InChI is InChI=1S/C11H13FN2/c1-7-3-2-4-9(10(7)12)14-11(13)8-5-6-8/h2-4,8H,5-6H2,1H3,(H2,13,14). The molecule has 0 spiro atoms. The highest BCUT2D eigenvalue weighted by Crippen LogP contribution is 2.30. The van der Waals surface area contributed by atoms with Gasteiger partial charge >= 0.3 is 0 Å². The summed E-state index contributed by atoms with van der Waals surface area (Å²) in [6.07, 6.45) is 2.17. The zero-order valence-corrected chi connectivity index (χ0v) is 8.13. The predicted octanol–water partition coefficient (Wildman–Crippen LogP) is 2.53. The molecule has 1 aliphatic carbocycles. The molecule has 0 aromatic heterocycles. The molecule has 0 atom stereocenters. The van der Waals surface area contributed by atoms with Crippen molar-refractivity contribution in [2.45, 2.75) is 19.8 Å². The first kappa shape index (κ1) is 9.19. The van der Waals surface area contributed by atoms with Gasteiger partial charge in [-0.3, -0.25) is 0 Å². The number of hydrogen-bond donors (Lipinski definition) is 1. The van der Waals surface area contributed by atoms with Gasteiger partial charge < -0.3 is 5.73 Å². The number of nitrogens with two attached hydrogens (primary N) is 1. The van der Waals surface area contributed by atoms with Gasteiger partial charge in [-0.15, -0.1) is 0 Å². The van der Waals surface area contributed by atoms with E-state index in [-0.39, 0.29) is 5.82 Å². The normalized spacial score (nSPS) is 17.1. The minimum absolute atomic E-state index is 0.267. The third kappa shape index (κ3) is 1.76. The minimum atomic E-state index is -0.267. The Hall–Kier alpha value is -1.38. The Kier molecular flexibility index (Phi) is 2.23. The van der Waals surface area contributed by atoms with E-state index < -0.39 is 0 Å². The van der Waals surface area contributed by atoms with E-state index in [0.29, 0.717) is 23.0 Å². The van der Waals surface area contributed by atoms with Crippen molar-refractivity contribution in [2.24, 2.45) is 16.6 Å². The van der Waals surface area contributed by atoms with Crippen molar-refractivity contribution in [1.82, 2.24) is 0 Å². The molecule has 0 unspecified atom stereocenters. The van der Waals surface area contributed by atoms with Crippen molar-refractivity contribution in [2.75, 3.05) is 0 Å². The first-order chi connectivity index (χ1) is 6.68. The number of amidine groups is 1. The summed E-state index contributed by atoms with van der Waals surface area (Å²) in [5.41, 5.74) is 6.68. The van der Waals surface area contributed by atoms with Crippen LogP contribution in [-0.4, -0.2) is 5.84 Å². The van der Waals surface area contributed by atoms with Gasteiger partial charge in [0, 0.05) is 5.92 Å². The van der Waals surface area contributed by atoms with Crippen LogP contribution in [0.1, 0.15) is 18.4 Å². The topological polar surface area (TPSA) is 38.4 Å². The second-order valence-electron chi connectivity index (χ2n) is 3.72. The van der Waals surface area contributed by atoms with Crippen LogP contribution in [0.5, 0.6) is 0 Å². The highest BCUT2D eigenvalue weighted by Gasteiger charge is 2.25. The number of nitrogens with zero attached hydrogens (tertiary/aromatic N) is 1. The first-order valence-corrected chi connectivity index (χ1v) is 4.77. The van der Waals surface area contributed by atoms with Gasteiger partial charge in [0.25, 0.3) is 0 Å². The molecule has 0 aliphatic heterocycles. The van der Waals surface area contributed by atoms with Crippen LogP contribution >= 0.6 is 0 Å². The van der Waals surface area contributed by atoms with Crippen LogP contribution < -0.4 is 5.73 Å². The van der Waals surface area contributed by atoms with Crippen LogP contribution in [-0.2, 0) is 0 Å². The van der Waals surface area contributed by atoms with Gasteiger partial charge in [0.15, 0.2) is 5.82 Å². The average Bonchev–Trinajstić information content (AvgIpc) is 2.95. The van der Waals surface area contributed by atoms with Gasteiger partial charge in [-0.05, 0) is 31.4 Å². The lowest BCUT2D eigenvalue weighted by atomic mass is 10.2. The highest BCUT2D eigenvalue weighted by atomic mass is 19.1. The van der Waals surface area contributed by atoms with Gasteiger partial charge in [-0.1, -0.05) is 12.1 Å². The summed E-state index contributed by atoms with van der Waals surface area (Å²) in [6.45, 7) is 1.72. The molecule has 0 bridgehead atoms. The monoisotopic (exact) mass is 192 g/mol. The zero-order valence-electron chi connectivity index (χ0n) is 8.13. The minimum Gasteiger partial charge on any atom is -0.387 e. The third-order valence-electron chi connectivity index (χ3n) is 2.42. The van der Waals surface area contributed by atoms with Crippen LogP contribution in [0.4, 0.5) is 10.1 Å². The summed E-state index contributed by atoms with van der Waals surface area (Å²) >= 11 is 0. The molecular formula is C11H13FN2. The Morgan fingerprint density at radius 1 is 1.50 bits per heavy atom. The number of aliphatic imine (C=N–C) groups is 1. The van der Waals surface area contributed by atoms with Gasteiger partial charge in [-0.2, -0.15) is 0 Å². The number of rotatable bonds is 2. The SMILES string of the molecule is Cc1cccc(N=C(N)C2CC2)c1F. The van der Waals surface area contributed by atoms with Crippen LogP contribution in [0, 0.1) is 18.7 Å². The van der Waals surface area contributed by atoms with E-state index in [2.05, 4.69) is 4.99 Å². The zero-order chi connectivity index (χ0) is 10.1. The third-order valence-corrected chi connectivity index (χ3v) is 2.42. The fourth-order valence-electron chi connectivity index (χ4n) is 1.33. The van der Waals surface area contributed by atoms with E-state index in [9.17, 15) is 4.39 Å². The molecule has 0 amide bonds. The Labute approximate surface area is 82.7 Å². The molecule has 1 fully saturated rings. The molecular weight excluding hydrogens is 179 g/mol. The lowest BCUT2D eigenvalue weighted by Gasteiger charge is -2.01. The highest BCUT2D eigenvalue weighted by molar-refractivity contribution is 5.87. The molecule has 0 heterocycles. The number of halogens is 1. The van der Waals surface area contributed by atoms with Gasteiger partial charge in [0.2, 0.25) is 0 Å². The molecule has 2 nitrogen and oxygen atoms in total. The maximum Gasteiger partial charge on any atom is 0.151 e. The molecule has 1 aromatic carbocycles. The Bertz CT molecular complexity index is 381. The molecule has 0 saturated heterocycles. The van der Waals surface area contributed by atoms with E-state index in [1.165, 1.54) is 0 Å². The molecule has 0 radical (unpaired) electrons. The van der Waals surface area contributed by atoms with Crippen LogP contribution in [0.2, 0.25) is 0 Å². The van der Waals surface area contributed by atoms with E-state index in [4.69, 9.17) is 5.73 Å². The molecule has 74 valence electrons. The second kappa shape index (κ2) is 3.40. The number of hydrogen-bond acceptors (Lipinski definition) is 1. The number of benzene rings is 1. The summed E-state index contributed by atoms with van der Waals surface area (Å²) in [6, 6.07) is 5.16. The summed E-state index contributed by atoms with van der Waals surface area (Å²) in [5, 5.41) is 0. The van der Waals surface area contributed by atoms with Gasteiger partial charge in [-0.25, -0.2) is 9.38 Å². The molecule has 2 N–H and O–H groups in total. The smallest absolute Gasteiger partial charge is 0.151 e. The van der Waals surface area contributed by atoms with E-state index >= 15 is 0 Å². The molecule has 1 saturated carbocycles. The molecule has 3 heteroatoms. The van der Waals surface area contributed by atoms with Crippen LogP contribution in [0.15, 0.2) is 23.2 Å². The molecule has 1 aliphatic rings. The second-order valence-corrected chi connectivity index (χ2v) is 3.72. The lowest BCUT2D eigenvalue weighted by Crippen LogP contribution is -2.13. The molecule has 14 heavy (non-hydrogen) atoms. The molecule has 2 rings (SSSR count). The van der Waals surface area contributed by atoms with Gasteiger partial charge in [0.1, 0.15) is 11.5 Å². The first-order valence-electron chi connectivity index (χ1n) is 4.77. The maximum absolute atomic E-state index is 13.5. The Morgan fingerprint density at radius 3 is 2.86 bits per heavy atom. The van der Waals surface area contributed by atoms with Crippen molar-refractivity contribution in [3.63, 3.8) is 0 Å². The lowest BCUT2D eigenvalue weighted by molar-refractivity contribution is 0.620. The fourth-order valence-corrected chi connectivity index (χ4v) is 1.33. The summed E-state index contributed by atoms with van der Waals surface area (Å²) < 4.78 is 13.5. The largest absolute Gasteiger partial charge is 0.387 e. The van der Waals surface area contributed by atoms with Crippen molar-refractivity contribution in [3.05, 3.63) is 29.6 Å². The van der Waals surface area contributed by atoms with Crippen LogP contribution in [0.25, 0.3) is 0 Å². The van der Waals surface area contributed by atoms with E-state index in [1.54, 1.807) is 25.1 Å². The average molecular weight is 192 g/mol. The van der Waals surface area contributed by atoms with E-state index in [1.807, 2.05) is 0 Å². The van der Waals surface area contributed by atoms with Crippen molar-refractivity contribution >= 4 is 11.5 Å². The van der Waals surface area contributed by atoms with Crippen molar-refractivity contribution in [1.29, 1.82) is 0 Å². The van der Waals surface area contributed by atoms with Crippen LogP contribution in [0.3, 0.4) is 0 Å². The molecule has 1 aromatic rings. The fraction of sp³-hybridized carbons (Fsp3) is 0.364. The predicted molar refractivity (Wildman–Crippen MR) is 55.1 cm³/mol. The number of aryl methyl sites for hydroxylation is 1.